The average Bonchev–Trinajstić information content (AvgIpc) is 2.28. The number of hydrogen-bond donors (Lipinski definition) is 0. The Balaban J connectivity index is 3.49. The molecule has 0 radical (unpaired) electrons. The van der Waals surface area contributed by atoms with Gasteiger partial charge in [-0.3, -0.25) is 4.79 Å². The highest BCUT2D eigenvalue weighted by atomic mass is 79.9. The van der Waals surface area contributed by atoms with E-state index in [4.69, 9.17) is 14.2 Å². The predicted molar refractivity (Wildman–Crippen MR) is 59.2 cm³/mol. The van der Waals surface area contributed by atoms with E-state index in [1.165, 1.54) is 21.3 Å². The normalized spacial score (nSPS) is 9.60. The molecular weight excluding hydrogens is 264 g/mol. The van der Waals surface area contributed by atoms with Crippen LogP contribution in [0.4, 0.5) is 0 Å². The maximum absolute atomic E-state index is 10.9. The van der Waals surface area contributed by atoms with Crippen molar-refractivity contribution in [3.8, 4) is 17.2 Å². The second kappa shape index (κ2) is 5.02. The Morgan fingerprint density at radius 3 is 2.13 bits per heavy atom. The Morgan fingerprint density at radius 1 is 1.13 bits per heavy atom. The summed E-state index contributed by atoms with van der Waals surface area (Å²) in [6.07, 6.45) is 0.682. The van der Waals surface area contributed by atoms with Crippen LogP contribution in [0.2, 0.25) is 0 Å². The molecular formula is C10H11BrO4. The van der Waals surface area contributed by atoms with Crippen LogP contribution in [0.1, 0.15) is 10.4 Å². The first kappa shape index (κ1) is 11.8. The lowest BCUT2D eigenvalue weighted by Gasteiger charge is -2.13. The highest BCUT2D eigenvalue weighted by Gasteiger charge is 2.17. The Hall–Kier alpha value is -1.23. The molecule has 0 bridgehead atoms. The van der Waals surface area contributed by atoms with Gasteiger partial charge < -0.3 is 14.2 Å². The van der Waals surface area contributed by atoms with Crippen LogP contribution < -0.4 is 14.2 Å². The van der Waals surface area contributed by atoms with Crippen LogP contribution in [0.3, 0.4) is 0 Å². The van der Waals surface area contributed by atoms with Crippen molar-refractivity contribution < 1.29 is 19.0 Å². The first-order valence-electron chi connectivity index (χ1n) is 4.13. The van der Waals surface area contributed by atoms with Crippen LogP contribution in [-0.4, -0.2) is 27.6 Å². The largest absolute Gasteiger partial charge is 0.496 e. The molecule has 0 N–H and O–H groups in total. The van der Waals surface area contributed by atoms with Crippen molar-refractivity contribution in [3.05, 3.63) is 16.1 Å². The van der Waals surface area contributed by atoms with Crippen molar-refractivity contribution in [1.82, 2.24) is 0 Å². The standard InChI is InChI=1S/C10H11BrO4/c1-13-7-4-8(14-2)9(11)10(15-3)6(7)5-12/h4-5H,1-3H3. The molecule has 82 valence electrons. The molecule has 4 nitrogen and oxygen atoms in total. The van der Waals surface area contributed by atoms with E-state index in [0.29, 0.717) is 33.6 Å². The van der Waals surface area contributed by atoms with Gasteiger partial charge in [0.1, 0.15) is 16.0 Å². The molecule has 1 aromatic carbocycles. The van der Waals surface area contributed by atoms with Crippen LogP contribution in [0.25, 0.3) is 0 Å². The number of halogens is 1. The van der Waals surface area contributed by atoms with Crippen molar-refractivity contribution in [2.45, 2.75) is 0 Å². The van der Waals surface area contributed by atoms with Gasteiger partial charge in [-0.2, -0.15) is 0 Å². The molecule has 1 rings (SSSR count). The lowest BCUT2D eigenvalue weighted by Crippen LogP contribution is -1.98. The summed E-state index contributed by atoms with van der Waals surface area (Å²) >= 11 is 3.29. The highest BCUT2D eigenvalue weighted by Crippen LogP contribution is 2.41. The Morgan fingerprint density at radius 2 is 1.73 bits per heavy atom. The molecule has 0 fully saturated rings. The van der Waals surface area contributed by atoms with E-state index in [9.17, 15) is 4.79 Å². The highest BCUT2D eigenvalue weighted by molar-refractivity contribution is 9.10. The summed E-state index contributed by atoms with van der Waals surface area (Å²) in [4.78, 5) is 10.9. The van der Waals surface area contributed by atoms with Crippen LogP contribution in [0, 0.1) is 0 Å². The molecule has 0 aliphatic carbocycles. The number of rotatable bonds is 4. The minimum Gasteiger partial charge on any atom is -0.496 e. The van der Waals surface area contributed by atoms with E-state index in [2.05, 4.69) is 15.9 Å². The van der Waals surface area contributed by atoms with Crippen LogP contribution in [-0.2, 0) is 0 Å². The number of methoxy groups -OCH3 is 3. The molecule has 0 saturated carbocycles. The predicted octanol–water partition coefficient (Wildman–Crippen LogP) is 2.29. The molecule has 0 aliphatic heterocycles. The minimum atomic E-state index is 0.354. The second-order valence-corrected chi connectivity index (χ2v) is 3.45. The number of carbonyl (C=O) groups is 1. The van der Waals surface area contributed by atoms with Crippen LogP contribution >= 0.6 is 15.9 Å². The molecule has 5 heteroatoms. The monoisotopic (exact) mass is 274 g/mol. The van der Waals surface area contributed by atoms with Gasteiger partial charge in [0, 0.05) is 6.07 Å². The van der Waals surface area contributed by atoms with E-state index in [0.717, 1.165) is 0 Å². The van der Waals surface area contributed by atoms with E-state index >= 15 is 0 Å². The zero-order valence-electron chi connectivity index (χ0n) is 8.67. The fourth-order valence-corrected chi connectivity index (χ4v) is 1.88. The third-order valence-corrected chi connectivity index (χ3v) is 2.70. The summed E-state index contributed by atoms with van der Waals surface area (Å²) in [6, 6.07) is 1.62. The first-order chi connectivity index (χ1) is 7.19. The average molecular weight is 275 g/mol. The van der Waals surface area contributed by atoms with Crippen LogP contribution in [0.5, 0.6) is 17.2 Å². The summed E-state index contributed by atoms with van der Waals surface area (Å²) in [6.45, 7) is 0. The maximum Gasteiger partial charge on any atom is 0.157 e. The molecule has 0 unspecified atom stereocenters. The molecule has 15 heavy (non-hydrogen) atoms. The molecule has 0 spiro atoms. The van der Waals surface area contributed by atoms with Crippen molar-refractivity contribution in [1.29, 1.82) is 0 Å². The fourth-order valence-electron chi connectivity index (χ4n) is 1.23. The zero-order chi connectivity index (χ0) is 11.4. The Bertz CT molecular complexity index is 376. The van der Waals surface area contributed by atoms with Gasteiger partial charge in [-0.1, -0.05) is 0 Å². The maximum atomic E-state index is 10.9. The van der Waals surface area contributed by atoms with Crippen molar-refractivity contribution in [2.75, 3.05) is 21.3 Å². The molecule has 0 amide bonds. The molecule has 0 saturated heterocycles. The first-order valence-corrected chi connectivity index (χ1v) is 4.92. The summed E-state index contributed by atoms with van der Waals surface area (Å²) < 4.78 is 15.9. The number of hydrogen-bond acceptors (Lipinski definition) is 4. The van der Waals surface area contributed by atoms with Gasteiger partial charge in [0.2, 0.25) is 0 Å². The van der Waals surface area contributed by atoms with Crippen molar-refractivity contribution in [2.24, 2.45) is 0 Å². The third kappa shape index (κ3) is 2.07. The Kier molecular flexibility index (Phi) is 3.96. The molecule has 0 heterocycles. The van der Waals surface area contributed by atoms with Gasteiger partial charge >= 0.3 is 0 Å². The fraction of sp³-hybridized carbons (Fsp3) is 0.300. The van der Waals surface area contributed by atoms with Crippen molar-refractivity contribution >= 4 is 22.2 Å². The topological polar surface area (TPSA) is 44.8 Å². The molecule has 1 aromatic rings. The second-order valence-electron chi connectivity index (χ2n) is 2.66. The quantitative estimate of drug-likeness (QED) is 0.791. The van der Waals surface area contributed by atoms with E-state index in [1.54, 1.807) is 6.07 Å². The third-order valence-electron chi connectivity index (χ3n) is 1.95. The van der Waals surface area contributed by atoms with Gasteiger partial charge in [-0.05, 0) is 15.9 Å². The number of benzene rings is 1. The molecule has 0 aliphatic rings. The number of ether oxygens (including phenoxy) is 3. The van der Waals surface area contributed by atoms with Crippen LogP contribution in [0.15, 0.2) is 10.5 Å². The summed E-state index contributed by atoms with van der Waals surface area (Å²) in [7, 11) is 4.49. The van der Waals surface area contributed by atoms with Gasteiger partial charge in [0.25, 0.3) is 0 Å². The van der Waals surface area contributed by atoms with E-state index in [-0.39, 0.29) is 0 Å². The minimum absolute atomic E-state index is 0.354. The number of aldehydes is 1. The molecule has 0 atom stereocenters. The van der Waals surface area contributed by atoms with E-state index < -0.39 is 0 Å². The van der Waals surface area contributed by atoms with Gasteiger partial charge in [0.15, 0.2) is 12.0 Å². The number of carbonyl (C=O) groups excluding carboxylic acids is 1. The van der Waals surface area contributed by atoms with Gasteiger partial charge in [-0.25, -0.2) is 0 Å². The van der Waals surface area contributed by atoms with Gasteiger partial charge in [-0.15, -0.1) is 0 Å². The van der Waals surface area contributed by atoms with E-state index in [1.807, 2.05) is 0 Å². The smallest absolute Gasteiger partial charge is 0.157 e. The zero-order valence-corrected chi connectivity index (χ0v) is 10.3. The summed E-state index contributed by atoms with van der Waals surface area (Å²) in [5.41, 5.74) is 0.354. The molecule has 0 aromatic heterocycles. The summed E-state index contributed by atoms with van der Waals surface area (Å²) in [5, 5.41) is 0. The Labute approximate surface area is 96.3 Å². The van der Waals surface area contributed by atoms with Gasteiger partial charge in [0.05, 0.1) is 26.9 Å². The lowest BCUT2D eigenvalue weighted by atomic mass is 10.2. The summed E-state index contributed by atoms with van der Waals surface area (Å²) in [5.74, 6) is 1.37. The lowest BCUT2D eigenvalue weighted by molar-refractivity contribution is 0.111. The SMILES string of the molecule is COc1cc(OC)c(C=O)c(OC)c1Br. The van der Waals surface area contributed by atoms with Crippen molar-refractivity contribution in [3.63, 3.8) is 0 Å².